The second kappa shape index (κ2) is 8.62. The molecule has 1 saturated heterocycles. The second-order valence-electron chi connectivity index (χ2n) is 6.54. The summed E-state index contributed by atoms with van der Waals surface area (Å²) in [6.45, 7) is 1.91. The van der Waals surface area contributed by atoms with Crippen LogP contribution in [0.3, 0.4) is 0 Å². The predicted molar refractivity (Wildman–Crippen MR) is 96.1 cm³/mol. The largest absolute Gasteiger partial charge is 0.368 e. The lowest BCUT2D eigenvalue weighted by Crippen LogP contribution is -2.41. The van der Waals surface area contributed by atoms with Gasteiger partial charge >= 0.3 is 0 Å². The van der Waals surface area contributed by atoms with E-state index in [1.165, 1.54) is 0 Å². The summed E-state index contributed by atoms with van der Waals surface area (Å²) in [6, 6.07) is 9.79. The van der Waals surface area contributed by atoms with Gasteiger partial charge in [0.25, 0.3) is 0 Å². The molecule has 0 unspecified atom stereocenters. The highest BCUT2D eigenvalue weighted by Gasteiger charge is 2.27. The summed E-state index contributed by atoms with van der Waals surface area (Å²) < 4.78 is 7.33. The molecule has 0 bridgehead atoms. The zero-order valence-electron chi connectivity index (χ0n) is 14.7. The Morgan fingerprint density at radius 1 is 1.27 bits per heavy atom. The van der Waals surface area contributed by atoms with Crippen molar-refractivity contribution in [3.05, 3.63) is 54.1 Å². The zero-order chi connectivity index (χ0) is 18.4. The Morgan fingerprint density at radius 3 is 2.85 bits per heavy atom. The highest BCUT2D eigenvalue weighted by Crippen LogP contribution is 2.26. The summed E-state index contributed by atoms with van der Waals surface area (Å²) in [6.07, 6.45) is 5.26. The van der Waals surface area contributed by atoms with Crippen molar-refractivity contribution < 1.29 is 14.3 Å². The van der Waals surface area contributed by atoms with Crippen molar-refractivity contribution in [2.24, 2.45) is 5.73 Å². The maximum atomic E-state index is 12.5. The van der Waals surface area contributed by atoms with Gasteiger partial charge in [-0.15, -0.1) is 0 Å². The smallest absolute Gasteiger partial charge is 0.248 e. The zero-order valence-corrected chi connectivity index (χ0v) is 14.7. The van der Waals surface area contributed by atoms with Gasteiger partial charge in [-0.2, -0.15) is 0 Å². The third kappa shape index (κ3) is 4.70. The fourth-order valence-corrected chi connectivity index (χ4v) is 3.32. The number of piperidine rings is 1. The molecule has 1 aromatic heterocycles. The molecule has 138 valence electrons. The number of amides is 2. The number of hydrogen-bond acceptors (Lipinski definition) is 4. The van der Waals surface area contributed by atoms with Crippen LogP contribution in [-0.4, -0.2) is 46.0 Å². The standard InChI is InChI=1S/C19H24N4O3/c20-17(24)12-23-10-8-21-19(23)16-7-4-9-22(11-16)18(25)14-26-13-15-5-2-1-3-6-15/h1-3,5-6,8,10,16H,4,7,9,11-14H2,(H2,20,24)/t16-/m0/s1. The molecular weight excluding hydrogens is 332 g/mol. The number of ether oxygens (including phenoxy) is 1. The van der Waals surface area contributed by atoms with Gasteiger partial charge < -0.3 is 19.9 Å². The molecule has 2 heterocycles. The fraction of sp³-hybridized carbons (Fsp3) is 0.421. The molecule has 3 rings (SSSR count). The van der Waals surface area contributed by atoms with E-state index in [0.29, 0.717) is 13.2 Å². The Kier molecular flexibility index (Phi) is 6.01. The first-order valence-corrected chi connectivity index (χ1v) is 8.82. The molecular formula is C19H24N4O3. The molecule has 2 aromatic rings. The lowest BCUT2D eigenvalue weighted by atomic mass is 9.97. The molecule has 1 fully saturated rings. The Balaban J connectivity index is 1.54. The summed E-state index contributed by atoms with van der Waals surface area (Å²) in [5.41, 5.74) is 6.34. The van der Waals surface area contributed by atoms with Gasteiger partial charge in [0.05, 0.1) is 6.61 Å². The fourth-order valence-electron chi connectivity index (χ4n) is 3.32. The van der Waals surface area contributed by atoms with Gasteiger partial charge in [-0.1, -0.05) is 30.3 Å². The quantitative estimate of drug-likeness (QED) is 0.809. The van der Waals surface area contributed by atoms with Crippen molar-refractivity contribution in [2.45, 2.75) is 31.9 Å². The van der Waals surface area contributed by atoms with Gasteiger partial charge in [-0.3, -0.25) is 9.59 Å². The van der Waals surface area contributed by atoms with Crippen LogP contribution in [0.4, 0.5) is 0 Å². The van der Waals surface area contributed by atoms with Crippen molar-refractivity contribution >= 4 is 11.8 Å². The first-order chi connectivity index (χ1) is 12.6. The number of rotatable bonds is 7. The van der Waals surface area contributed by atoms with Gasteiger partial charge in [0.15, 0.2) is 0 Å². The van der Waals surface area contributed by atoms with E-state index in [-0.39, 0.29) is 25.0 Å². The number of carbonyl (C=O) groups is 2. The highest BCUT2D eigenvalue weighted by molar-refractivity contribution is 5.77. The minimum absolute atomic E-state index is 0.0151. The number of likely N-dealkylation sites (tertiary alicyclic amines) is 1. The maximum absolute atomic E-state index is 12.5. The van der Waals surface area contributed by atoms with E-state index in [0.717, 1.165) is 30.8 Å². The molecule has 7 nitrogen and oxygen atoms in total. The number of nitrogens with two attached hydrogens (primary N) is 1. The molecule has 2 N–H and O–H groups in total. The average Bonchev–Trinajstić information content (AvgIpc) is 3.10. The van der Waals surface area contributed by atoms with Gasteiger partial charge in [0.2, 0.25) is 11.8 Å². The maximum Gasteiger partial charge on any atom is 0.248 e. The van der Waals surface area contributed by atoms with Crippen LogP contribution < -0.4 is 5.73 Å². The number of carbonyl (C=O) groups excluding carboxylic acids is 2. The molecule has 0 saturated carbocycles. The lowest BCUT2D eigenvalue weighted by Gasteiger charge is -2.32. The van der Waals surface area contributed by atoms with Gasteiger partial charge in [0.1, 0.15) is 19.0 Å². The molecule has 26 heavy (non-hydrogen) atoms. The van der Waals surface area contributed by atoms with Crippen LogP contribution in [0.5, 0.6) is 0 Å². The van der Waals surface area contributed by atoms with E-state index in [2.05, 4.69) is 4.98 Å². The summed E-state index contributed by atoms with van der Waals surface area (Å²) in [7, 11) is 0. The number of aromatic nitrogens is 2. The van der Waals surface area contributed by atoms with Crippen LogP contribution in [0, 0.1) is 0 Å². The van der Waals surface area contributed by atoms with Crippen LogP contribution in [0.2, 0.25) is 0 Å². The minimum atomic E-state index is -0.401. The van der Waals surface area contributed by atoms with E-state index < -0.39 is 5.91 Å². The molecule has 2 amide bonds. The van der Waals surface area contributed by atoms with Crippen LogP contribution >= 0.6 is 0 Å². The summed E-state index contributed by atoms with van der Waals surface area (Å²) in [4.78, 5) is 29.9. The molecule has 1 aliphatic heterocycles. The number of nitrogens with zero attached hydrogens (tertiary/aromatic N) is 3. The molecule has 0 radical (unpaired) electrons. The molecule has 1 aromatic carbocycles. The summed E-state index contributed by atoms with van der Waals surface area (Å²) >= 11 is 0. The molecule has 7 heteroatoms. The van der Waals surface area contributed by atoms with Crippen molar-refractivity contribution in [2.75, 3.05) is 19.7 Å². The van der Waals surface area contributed by atoms with Crippen LogP contribution in [0.15, 0.2) is 42.7 Å². The van der Waals surface area contributed by atoms with Gasteiger partial charge in [0, 0.05) is 31.4 Å². The van der Waals surface area contributed by atoms with Crippen LogP contribution in [-0.2, 0) is 27.5 Å². The van der Waals surface area contributed by atoms with E-state index in [1.807, 2.05) is 35.2 Å². The Bertz CT molecular complexity index is 744. The predicted octanol–water partition coefficient (Wildman–Crippen LogP) is 1.29. The van der Waals surface area contributed by atoms with Crippen molar-refractivity contribution in [3.63, 3.8) is 0 Å². The average molecular weight is 356 g/mol. The first kappa shape index (κ1) is 18.1. The molecule has 1 atom stereocenters. The van der Waals surface area contributed by atoms with Crippen molar-refractivity contribution in [3.8, 4) is 0 Å². The third-order valence-electron chi connectivity index (χ3n) is 4.55. The minimum Gasteiger partial charge on any atom is -0.368 e. The van der Waals surface area contributed by atoms with Gasteiger partial charge in [-0.25, -0.2) is 4.98 Å². The van der Waals surface area contributed by atoms with E-state index >= 15 is 0 Å². The monoisotopic (exact) mass is 356 g/mol. The first-order valence-electron chi connectivity index (χ1n) is 8.82. The second-order valence-corrected chi connectivity index (χ2v) is 6.54. The highest BCUT2D eigenvalue weighted by atomic mass is 16.5. The van der Waals surface area contributed by atoms with Gasteiger partial charge in [-0.05, 0) is 18.4 Å². The topological polar surface area (TPSA) is 90.5 Å². The summed E-state index contributed by atoms with van der Waals surface area (Å²) in [5, 5.41) is 0. The van der Waals surface area contributed by atoms with E-state index in [4.69, 9.17) is 10.5 Å². The number of hydrogen-bond donors (Lipinski definition) is 1. The van der Waals surface area contributed by atoms with Crippen molar-refractivity contribution in [1.29, 1.82) is 0 Å². The Morgan fingerprint density at radius 2 is 2.08 bits per heavy atom. The molecule has 1 aliphatic rings. The molecule has 0 spiro atoms. The SMILES string of the molecule is NC(=O)Cn1ccnc1[C@H]1CCCN(C(=O)COCc2ccccc2)C1. The number of benzene rings is 1. The Labute approximate surface area is 152 Å². The number of primary amides is 1. The molecule has 0 aliphatic carbocycles. The van der Waals surface area contributed by atoms with Crippen molar-refractivity contribution in [1.82, 2.24) is 14.5 Å². The Hall–Kier alpha value is -2.67. The van der Waals surface area contributed by atoms with Crippen LogP contribution in [0.1, 0.15) is 30.1 Å². The van der Waals surface area contributed by atoms with E-state index in [9.17, 15) is 9.59 Å². The van der Waals surface area contributed by atoms with Crippen LogP contribution in [0.25, 0.3) is 0 Å². The lowest BCUT2D eigenvalue weighted by molar-refractivity contribution is -0.137. The van der Waals surface area contributed by atoms with E-state index in [1.54, 1.807) is 17.0 Å². The summed E-state index contributed by atoms with van der Waals surface area (Å²) in [5.74, 6) is 0.503. The third-order valence-corrected chi connectivity index (χ3v) is 4.55. The number of imidazole rings is 1. The normalized spacial score (nSPS) is 17.2.